The summed E-state index contributed by atoms with van der Waals surface area (Å²) in [5.74, 6) is 2.55. The van der Waals surface area contributed by atoms with Crippen molar-refractivity contribution in [2.24, 2.45) is 5.92 Å². The van der Waals surface area contributed by atoms with Gasteiger partial charge in [0.25, 0.3) is 0 Å². The van der Waals surface area contributed by atoms with Crippen LogP contribution in [0.1, 0.15) is 45.2 Å². The lowest BCUT2D eigenvalue weighted by atomic mass is 10.2. The topological polar surface area (TPSA) is 93.8 Å². The minimum Gasteiger partial charge on any atom is -0.364 e. The molecule has 0 radical (unpaired) electrons. The molecule has 2 aliphatic rings. The second-order valence-corrected chi connectivity index (χ2v) is 8.67. The van der Waals surface area contributed by atoms with Gasteiger partial charge in [-0.2, -0.15) is 5.10 Å². The Morgan fingerprint density at radius 3 is 2.77 bits per heavy atom. The third-order valence-corrected chi connectivity index (χ3v) is 6.50. The smallest absolute Gasteiger partial charge is 0.222 e. The Kier molecular flexibility index (Phi) is 5.11. The number of hydrogen-bond donors (Lipinski definition) is 1. The Labute approximate surface area is 181 Å². The Morgan fingerprint density at radius 2 is 2.06 bits per heavy atom. The van der Waals surface area contributed by atoms with E-state index in [1.54, 1.807) is 6.33 Å². The Hall–Kier alpha value is -2.97. The maximum absolute atomic E-state index is 12.0. The number of carbonyl (C=O) groups excluding carboxylic acids is 1. The molecular weight excluding hydrogens is 392 g/mol. The molecule has 3 aromatic heterocycles. The summed E-state index contributed by atoms with van der Waals surface area (Å²) in [5.41, 5.74) is 3.82. The lowest BCUT2D eigenvalue weighted by Crippen LogP contribution is -2.31. The van der Waals surface area contributed by atoms with Crippen molar-refractivity contribution in [3.63, 3.8) is 0 Å². The summed E-state index contributed by atoms with van der Waals surface area (Å²) in [6.45, 7) is 9.34. The highest BCUT2D eigenvalue weighted by Crippen LogP contribution is 2.36. The van der Waals surface area contributed by atoms with Crippen molar-refractivity contribution < 1.29 is 4.79 Å². The minimum atomic E-state index is 0.176. The highest BCUT2D eigenvalue weighted by molar-refractivity contribution is 5.87. The molecule has 1 saturated carbocycles. The van der Waals surface area contributed by atoms with Gasteiger partial charge in [-0.15, -0.1) is 0 Å². The summed E-state index contributed by atoms with van der Waals surface area (Å²) in [6, 6.07) is 0.176. The van der Waals surface area contributed by atoms with Gasteiger partial charge >= 0.3 is 0 Å². The van der Waals surface area contributed by atoms with E-state index in [9.17, 15) is 4.79 Å². The van der Waals surface area contributed by atoms with E-state index in [0.717, 1.165) is 60.1 Å². The summed E-state index contributed by atoms with van der Waals surface area (Å²) in [4.78, 5) is 28.1. The highest BCUT2D eigenvalue weighted by Gasteiger charge is 2.29. The zero-order valence-corrected chi connectivity index (χ0v) is 18.5. The fourth-order valence-corrected chi connectivity index (χ4v) is 4.49. The summed E-state index contributed by atoms with van der Waals surface area (Å²) >= 11 is 0. The molecule has 1 N–H and O–H groups in total. The van der Waals surface area contributed by atoms with Gasteiger partial charge in [-0.1, -0.05) is 6.92 Å². The molecule has 1 aliphatic carbocycles. The van der Waals surface area contributed by atoms with E-state index in [0.29, 0.717) is 18.9 Å². The van der Waals surface area contributed by atoms with Crippen LogP contribution in [0.5, 0.6) is 0 Å². The third kappa shape index (κ3) is 3.66. The predicted octanol–water partition coefficient (Wildman–Crippen LogP) is 2.85. The van der Waals surface area contributed by atoms with E-state index >= 15 is 0 Å². The molecule has 0 bridgehead atoms. The van der Waals surface area contributed by atoms with E-state index in [-0.39, 0.29) is 11.9 Å². The Bertz CT molecular complexity index is 1110. The van der Waals surface area contributed by atoms with Crippen LogP contribution in [0.25, 0.3) is 22.6 Å². The number of aryl methyl sites for hydroxylation is 1. The first-order chi connectivity index (χ1) is 15.1. The van der Waals surface area contributed by atoms with Crippen molar-refractivity contribution >= 4 is 22.9 Å². The monoisotopic (exact) mass is 422 g/mol. The van der Waals surface area contributed by atoms with Crippen LogP contribution in [0.3, 0.4) is 0 Å². The fourth-order valence-electron chi connectivity index (χ4n) is 4.49. The second-order valence-electron chi connectivity index (χ2n) is 8.67. The molecule has 1 atom stereocenters. The Morgan fingerprint density at radius 1 is 1.23 bits per heavy atom. The van der Waals surface area contributed by atoms with Crippen LogP contribution >= 0.6 is 0 Å². The number of carbonyl (C=O) groups is 1. The number of hydrogen-bond acceptors (Lipinski definition) is 6. The Balaban J connectivity index is 1.51. The molecule has 0 spiro atoms. The van der Waals surface area contributed by atoms with Gasteiger partial charge in [0.1, 0.15) is 12.2 Å². The molecule has 164 valence electrons. The van der Waals surface area contributed by atoms with Crippen LogP contribution < -0.4 is 5.32 Å². The maximum atomic E-state index is 12.0. The van der Waals surface area contributed by atoms with Crippen LogP contribution in [0, 0.1) is 12.8 Å². The molecule has 1 saturated heterocycles. The van der Waals surface area contributed by atoms with Crippen LogP contribution in [0.15, 0.2) is 12.5 Å². The number of likely N-dealkylation sites (tertiary alicyclic amines) is 1. The highest BCUT2D eigenvalue weighted by atomic mass is 16.2. The number of amides is 1. The van der Waals surface area contributed by atoms with Crippen LogP contribution in [-0.2, 0) is 17.9 Å². The maximum Gasteiger partial charge on any atom is 0.222 e. The fraction of sp³-hybridized carbons (Fsp3) is 0.591. The first-order valence-electron chi connectivity index (χ1n) is 11.4. The van der Waals surface area contributed by atoms with Gasteiger partial charge in [-0.25, -0.2) is 15.0 Å². The van der Waals surface area contributed by atoms with Crippen LogP contribution in [0.4, 0.5) is 5.82 Å². The van der Waals surface area contributed by atoms with Crippen molar-refractivity contribution in [3.8, 4) is 11.4 Å². The molecule has 2 fully saturated rings. The van der Waals surface area contributed by atoms with Gasteiger partial charge in [-0.05, 0) is 39.0 Å². The summed E-state index contributed by atoms with van der Waals surface area (Å²) in [6.07, 6.45) is 7.50. The lowest BCUT2D eigenvalue weighted by Gasteiger charge is -2.16. The molecule has 1 aliphatic heterocycles. The molecular formula is C22H30N8O. The summed E-state index contributed by atoms with van der Waals surface area (Å²) in [5, 5.41) is 8.07. The first-order valence-corrected chi connectivity index (χ1v) is 11.4. The van der Waals surface area contributed by atoms with Gasteiger partial charge in [0.05, 0.1) is 11.8 Å². The number of nitrogens with zero attached hydrogens (tertiary/aromatic N) is 7. The number of rotatable bonds is 7. The molecule has 0 unspecified atom stereocenters. The number of anilines is 1. The van der Waals surface area contributed by atoms with Gasteiger partial charge < -0.3 is 14.8 Å². The van der Waals surface area contributed by atoms with E-state index in [1.807, 2.05) is 22.7 Å². The zero-order valence-electron chi connectivity index (χ0n) is 18.5. The molecule has 5 rings (SSSR count). The van der Waals surface area contributed by atoms with Gasteiger partial charge in [0.2, 0.25) is 5.91 Å². The van der Waals surface area contributed by atoms with Crippen molar-refractivity contribution in [2.45, 2.75) is 65.6 Å². The van der Waals surface area contributed by atoms with Gasteiger partial charge in [0, 0.05) is 44.3 Å². The van der Waals surface area contributed by atoms with Crippen LogP contribution in [-0.4, -0.2) is 59.2 Å². The number of aromatic nitrogens is 6. The molecule has 0 aromatic carbocycles. The second kappa shape index (κ2) is 7.94. The molecule has 1 amide bonds. The first kappa shape index (κ1) is 20.0. The van der Waals surface area contributed by atoms with E-state index in [4.69, 9.17) is 4.98 Å². The number of fused-ring (bicyclic) bond motifs is 1. The van der Waals surface area contributed by atoms with Crippen molar-refractivity contribution in [1.82, 2.24) is 34.2 Å². The van der Waals surface area contributed by atoms with Crippen LogP contribution in [0.2, 0.25) is 0 Å². The molecule has 4 heterocycles. The lowest BCUT2D eigenvalue weighted by molar-refractivity contribution is -0.129. The molecule has 9 nitrogen and oxygen atoms in total. The van der Waals surface area contributed by atoms with Crippen molar-refractivity contribution in [1.29, 1.82) is 0 Å². The minimum absolute atomic E-state index is 0.176. The van der Waals surface area contributed by atoms with Gasteiger partial charge in [0.15, 0.2) is 17.0 Å². The largest absolute Gasteiger partial charge is 0.364 e. The zero-order chi connectivity index (χ0) is 21.5. The van der Waals surface area contributed by atoms with E-state index in [2.05, 4.69) is 38.8 Å². The SMILES string of the molecule is CCC(=O)N1CC[C@H](Nc2ncnc3c2nc(-c2cnn(CC)c2C)n3CC2CC2)C1. The quantitative estimate of drug-likeness (QED) is 0.629. The number of nitrogens with one attached hydrogen (secondary N) is 1. The van der Waals surface area contributed by atoms with Crippen molar-refractivity contribution in [3.05, 3.63) is 18.2 Å². The average molecular weight is 423 g/mol. The molecule has 9 heteroatoms. The number of imidazole rings is 1. The molecule has 3 aromatic rings. The summed E-state index contributed by atoms with van der Waals surface area (Å²) in [7, 11) is 0. The van der Waals surface area contributed by atoms with Crippen molar-refractivity contribution in [2.75, 3.05) is 18.4 Å². The third-order valence-electron chi connectivity index (χ3n) is 6.50. The van der Waals surface area contributed by atoms with Gasteiger partial charge in [-0.3, -0.25) is 9.48 Å². The standard InChI is InChI=1S/C22H30N8O/c1-4-18(31)28-9-8-16(12-28)26-20-19-22(24-13-23-20)29(11-15-6-7-15)21(27-19)17-10-25-30(5-2)14(17)3/h10,13,15-16H,4-9,11-12H2,1-3H3,(H,23,24,26)/t16-/m0/s1. The van der Waals surface area contributed by atoms with E-state index < -0.39 is 0 Å². The van der Waals surface area contributed by atoms with E-state index in [1.165, 1.54) is 12.8 Å². The summed E-state index contributed by atoms with van der Waals surface area (Å²) < 4.78 is 4.24. The average Bonchev–Trinajstić information content (AvgIpc) is 3.17. The normalized spacial score (nSPS) is 18.8. The molecule has 31 heavy (non-hydrogen) atoms. The predicted molar refractivity (Wildman–Crippen MR) is 119 cm³/mol.